The normalized spacial score (nSPS) is 21.8. The third kappa shape index (κ3) is 6.49. The molecule has 28 heavy (non-hydrogen) atoms. The van der Waals surface area contributed by atoms with Crippen molar-refractivity contribution in [2.24, 2.45) is 16.8 Å². The van der Waals surface area contributed by atoms with E-state index in [1.54, 1.807) is 0 Å². The highest BCUT2D eigenvalue weighted by Crippen LogP contribution is 2.19. The largest absolute Gasteiger partial charge is 0.381 e. The minimum Gasteiger partial charge on any atom is -0.381 e. The molecule has 1 N–H and O–H groups in total. The molecule has 2 saturated heterocycles. The lowest BCUT2D eigenvalue weighted by Gasteiger charge is -2.30. The molecule has 1 aromatic carbocycles. The summed E-state index contributed by atoms with van der Waals surface area (Å²) in [4.78, 5) is 9.74. The fourth-order valence-electron chi connectivity index (χ4n) is 4.14. The van der Waals surface area contributed by atoms with Crippen molar-refractivity contribution in [2.45, 2.75) is 46.2 Å². The highest BCUT2D eigenvalue weighted by Gasteiger charge is 2.19. The van der Waals surface area contributed by atoms with Crippen LogP contribution in [0.15, 0.2) is 29.3 Å². The summed E-state index contributed by atoms with van der Waals surface area (Å²) in [5.41, 5.74) is 2.69. The minimum atomic E-state index is 0.615. The number of piperidine rings is 1. The van der Waals surface area contributed by atoms with E-state index < -0.39 is 0 Å². The summed E-state index contributed by atoms with van der Waals surface area (Å²) in [6, 6.07) is 8.96. The van der Waals surface area contributed by atoms with Crippen molar-refractivity contribution in [3.8, 4) is 0 Å². The maximum Gasteiger partial charge on any atom is 0.193 e. The lowest BCUT2D eigenvalue weighted by Crippen LogP contribution is -2.41. The van der Waals surface area contributed by atoms with Gasteiger partial charge in [0.25, 0.3) is 0 Å². The highest BCUT2D eigenvalue weighted by atomic mass is 16.5. The van der Waals surface area contributed by atoms with Crippen molar-refractivity contribution in [3.63, 3.8) is 0 Å². The van der Waals surface area contributed by atoms with Gasteiger partial charge in [0.05, 0.1) is 13.2 Å². The average molecular weight is 387 g/mol. The summed E-state index contributed by atoms with van der Waals surface area (Å²) < 4.78 is 5.52. The summed E-state index contributed by atoms with van der Waals surface area (Å²) in [5, 5.41) is 3.44. The zero-order valence-corrected chi connectivity index (χ0v) is 18.0. The monoisotopic (exact) mass is 386 g/mol. The van der Waals surface area contributed by atoms with Crippen LogP contribution in [0.3, 0.4) is 0 Å². The van der Waals surface area contributed by atoms with Gasteiger partial charge in [0, 0.05) is 39.2 Å². The van der Waals surface area contributed by atoms with Gasteiger partial charge in [-0.05, 0) is 56.3 Å². The Kier molecular flexibility index (Phi) is 8.16. The number of likely N-dealkylation sites (tertiary alicyclic amines) is 1. The van der Waals surface area contributed by atoms with E-state index in [1.807, 2.05) is 0 Å². The third-order valence-corrected chi connectivity index (χ3v) is 5.94. The Morgan fingerprint density at radius 2 is 2.04 bits per heavy atom. The van der Waals surface area contributed by atoms with Crippen molar-refractivity contribution in [1.29, 1.82) is 0 Å². The number of hydrogen-bond acceptors (Lipinski definition) is 3. The van der Waals surface area contributed by atoms with Gasteiger partial charge in [0.1, 0.15) is 0 Å². The van der Waals surface area contributed by atoms with E-state index in [9.17, 15) is 0 Å². The van der Waals surface area contributed by atoms with Crippen molar-refractivity contribution >= 4 is 5.96 Å². The molecule has 2 fully saturated rings. The molecule has 1 aromatic rings. The first-order chi connectivity index (χ1) is 13.6. The van der Waals surface area contributed by atoms with Crippen molar-refractivity contribution in [3.05, 3.63) is 35.4 Å². The lowest BCUT2D eigenvalue weighted by molar-refractivity contribution is 0.181. The summed E-state index contributed by atoms with van der Waals surface area (Å²) in [5.74, 6) is 2.49. The van der Waals surface area contributed by atoms with Gasteiger partial charge in [0.2, 0.25) is 0 Å². The second-order valence-corrected chi connectivity index (χ2v) is 8.56. The summed E-state index contributed by atoms with van der Waals surface area (Å²) in [6.45, 7) is 12.4. The van der Waals surface area contributed by atoms with E-state index in [2.05, 4.69) is 60.3 Å². The van der Waals surface area contributed by atoms with Gasteiger partial charge >= 0.3 is 0 Å². The van der Waals surface area contributed by atoms with Gasteiger partial charge < -0.3 is 15.0 Å². The van der Waals surface area contributed by atoms with Crippen molar-refractivity contribution in [1.82, 2.24) is 15.1 Å². The van der Waals surface area contributed by atoms with Crippen molar-refractivity contribution < 1.29 is 4.74 Å². The topological polar surface area (TPSA) is 40.1 Å². The Balaban J connectivity index is 1.57. The standard InChI is InChI=1S/C23H38N4O/c1-4-24-23(26(3)16-22-10-13-28-18-22)25-15-20-6-5-7-21(14-20)17-27-11-8-19(2)9-12-27/h5-7,14,19,22H,4,8-13,15-18H2,1-3H3,(H,24,25). The molecule has 5 nitrogen and oxygen atoms in total. The van der Waals surface area contributed by atoms with Crippen LogP contribution in [0.5, 0.6) is 0 Å². The van der Waals surface area contributed by atoms with E-state index in [0.717, 1.165) is 57.7 Å². The third-order valence-electron chi connectivity index (χ3n) is 5.94. The molecule has 2 aliphatic heterocycles. The highest BCUT2D eigenvalue weighted by molar-refractivity contribution is 5.79. The Morgan fingerprint density at radius 3 is 2.75 bits per heavy atom. The SMILES string of the molecule is CCNC(=NCc1cccc(CN2CCC(C)CC2)c1)N(C)CC1CCOC1. The zero-order valence-electron chi connectivity index (χ0n) is 18.0. The maximum atomic E-state index is 5.52. The van der Waals surface area contributed by atoms with Gasteiger partial charge in [-0.3, -0.25) is 4.90 Å². The zero-order chi connectivity index (χ0) is 19.8. The van der Waals surface area contributed by atoms with Crippen LogP contribution < -0.4 is 5.32 Å². The first-order valence-corrected chi connectivity index (χ1v) is 11.0. The number of benzene rings is 1. The average Bonchev–Trinajstić information content (AvgIpc) is 3.20. The van der Waals surface area contributed by atoms with Crippen molar-refractivity contribution in [2.75, 3.05) is 46.4 Å². The molecule has 0 amide bonds. The molecule has 1 atom stereocenters. The minimum absolute atomic E-state index is 0.615. The Morgan fingerprint density at radius 1 is 1.25 bits per heavy atom. The number of nitrogens with one attached hydrogen (secondary N) is 1. The van der Waals surface area contributed by atoms with E-state index in [0.29, 0.717) is 5.92 Å². The second kappa shape index (κ2) is 10.8. The molecule has 0 saturated carbocycles. The predicted molar refractivity (Wildman–Crippen MR) is 116 cm³/mol. The molecule has 0 bridgehead atoms. The number of rotatable bonds is 7. The van der Waals surface area contributed by atoms with Crippen LogP contribution in [-0.4, -0.2) is 62.2 Å². The van der Waals surface area contributed by atoms with Gasteiger partial charge in [-0.15, -0.1) is 0 Å². The number of guanidine groups is 1. The number of aliphatic imine (C=N–C) groups is 1. The molecule has 156 valence electrons. The van der Waals surface area contributed by atoms with E-state index in [-0.39, 0.29) is 0 Å². The van der Waals surface area contributed by atoms with Crippen LogP contribution in [0.1, 0.15) is 44.2 Å². The Labute approximate surface area is 171 Å². The van der Waals surface area contributed by atoms with E-state index in [1.165, 1.54) is 37.1 Å². The Bertz CT molecular complexity index is 619. The van der Waals surface area contributed by atoms with Crippen LogP contribution in [0.25, 0.3) is 0 Å². The molecular formula is C23H38N4O. The van der Waals surface area contributed by atoms with Crippen LogP contribution in [-0.2, 0) is 17.8 Å². The number of ether oxygens (including phenoxy) is 1. The molecule has 3 rings (SSSR count). The summed E-state index contributed by atoms with van der Waals surface area (Å²) in [6.07, 6.45) is 3.81. The fourth-order valence-corrected chi connectivity index (χ4v) is 4.14. The predicted octanol–water partition coefficient (Wildman–Crippen LogP) is 3.35. The van der Waals surface area contributed by atoms with E-state index in [4.69, 9.17) is 9.73 Å². The maximum absolute atomic E-state index is 5.52. The summed E-state index contributed by atoms with van der Waals surface area (Å²) in [7, 11) is 2.13. The van der Waals surface area contributed by atoms with Crippen LogP contribution in [0.4, 0.5) is 0 Å². The first kappa shape index (κ1) is 21.1. The van der Waals surface area contributed by atoms with Crippen LogP contribution in [0.2, 0.25) is 0 Å². The number of hydrogen-bond donors (Lipinski definition) is 1. The molecule has 0 spiro atoms. The molecular weight excluding hydrogens is 348 g/mol. The Hall–Kier alpha value is -1.59. The van der Waals surface area contributed by atoms with Gasteiger partial charge in [-0.2, -0.15) is 0 Å². The van der Waals surface area contributed by atoms with Gasteiger partial charge in [-0.25, -0.2) is 4.99 Å². The first-order valence-electron chi connectivity index (χ1n) is 11.0. The van der Waals surface area contributed by atoms with Gasteiger partial charge in [-0.1, -0.05) is 31.2 Å². The smallest absolute Gasteiger partial charge is 0.193 e. The van der Waals surface area contributed by atoms with E-state index >= 15 is 0 Å². The number of nitrogens with zero attached hydrogens (tertiary/aromatic N) is 3. The van der Waals surface area contributed by atoms with Crippen LogP contribution in [0, 0.1) is 11.8 Å². The lowest BCUT2D eigenvalue weighted by atomic mass is 9.98. The molecule has 2 heterocycles. The quantitative estimate of drug-likeness (QED) is 0.576. The molecule has 0 radical (unpaired) electrons. The summed E-state index contributed by atoms with van der Waals surface area (Å²) >= 11 is 0. The second-order valence-electron chi connectivity index (χ2n) is 8.56. The molecule has 2 aliphatic rings. The molecule has 0 aliphatic carbocycles. The van der Waals surface area contributed by atoms with Crippen LogP contribution >= 0.6 is 0 Å². The molecule has 5 heteroatoms. The molecule has 0 aromatic heterocycles. The molecule has 1 unspecified atom stereocenters. The fraction of sp³-hybridized carbons (Fsp3) is 0.696. The van der Waals surface area contributed by atoms with Gasteiger partial charge in [0.15, 0.2) is 5.96 Å².